The quantitative estimate of drug-likeness (QED) is 0.832. The van der Waals surface area contributed by atoms with Gasteiger partial charge in [-0.15, -0.1) is 0 Å². The van der Waals surface area contributed by atoms with Crippen LogP contribution in [-0.2, 0) is 4.79 Å². The van der Waals surface area contributed by atoms with Crippen LogP contribution in [0.15, 0.2) is 0 Å². The van der Waals surface area contributed by atoms with Crippen LogP contribution < -0.4 is 5.32 Å². The Morgan fingerprint density at radius 1 is 1.10 bits per heavy atom. The molecular weight excluding hydrogens is 256 g/mol. The van der Waals surface area contributed by atoms with Crippen molar-refractivity contribution in [3.63, 3.8) is 0 Å². The van der Waals surface area contributed by atoms with Gasteiger partial charge in [-0.3, -0.25) is 4.79 Å². The SMILES string of the molecule is CCC1(NC(=O)N2CCC(CC)(C(=O)O)CC2)CCC1. The number of nitrogens with zero attached hydrogens (tertiary/aromatic N) is 1. The van der Waals surface area contributed by atoms with Crippen LogP contribution in [0.5, 0.6) is 0 Å². The maximum absolute atomic E-state index is 12.3. The largest absolute Gasteiger partial charge is 0.481 e. The van der Waals surface area contributed by atoms with E-state index in [1.54, 1.807) is 4.90 Å². The van der Waals surface area contributed by atoms with E-state index in [9.17, 15) is 14.7 Å². The first-order valence-corrected chi connectivity index (χ1v) is 7.77. The molecule has 1 aliphatic heterocycles. The molecule has 1 saturated heterocycles. The van der Waals surface area contributed by atoms with Gasteiger partial charge in [0, 0.05) is 18.6 Å². The van der Waals surface area contributed by atoms with Gasteiger partial charge >= 0.3 is 12.0 Å². The van der Waals surface area contributed by atoms with Crippen molar-refractivity contribution in [1.82, 2.24) is 10.2 Å². The number of hydrogen-bond donors (Lipinski definition) is 2. The summed E-state index contributed by atoms with van der Waals surface area (Å²) in [7, 11) is 0. The summed E-state index contributed by atoms with van der Waals surface area (Å²) in [6.45, 7) is 5.13. The van der Waals surface area contributed by atoms with Gasteiger partial charge in [-0.1, -0.05) is 13.8 Å². The summed E-state index contributed by atoms with van der Waals surface area (Å²) in [4.78, 5) is 25.5. The zero-order chi connectivity index (χ0) is 14.8. The third-order valence-corrected chi connectivity index (χ3v) is 5.50. The smallest absolute Gasteiger partial charge is 0.317 e. The minimum absolute atomic E-state index is 0.00315. The zero-order valence-corrected chi connectivity index (χ0v) is 12.6. The summed E-state index contributed by atoms with van der Waals surface area (Å²) < 4.78 is 0. The lowest BCUT2D eigenvalue weighted by molar-refractivity contribution is -0.152. The van der Waals surface area contributed by atoms with Gasteiger partial charge in [0.15, 0.2) is 0 Å². The van der Waals surface area contributed by atoms with E-state index in [1.807, 2.05) is 6.92 Å². The molecule has 0 bridgehead atoms. The molecule has 2 fully saturated rings. The number of nitrogens with one attached hydrogen (secondary N) is 1. The molecule has 2 aliphatic rings. The second-order valence-electron chi connectivity index (χ2n) is 6.34. The predicted octanol–water partition coefficient (Wildman–Crippen LogP) is 2.61. The highest BCUT2D eigenvalue weighted by molar-refractivity contribution is 5.77. The second kappa shape index (κ2) is 5.62. The van der Waals surface area contributed by atoms with Gasteiger partial charge in [0.1, 0.15) is 0 Å². The molecule has 5 heteroatoms. The van der Waals surface area contributed by atoms with Gasteiger partial charge in [0.25, 0.3) is 0 Å². The van der Waals surface area contributed by atoms with Crippen molar-refractivity contribution in [2.45, 2.75) is 64.3 Å². The van der Waals surface area contributed by atoms with Crippen LogP contribution in [0.3, 0.4) is 0 Å². The van der Waals surface area contributed by atoms with Crippen molar-refractivity contribution in [3.05, 3.63) is 0 Å². The molecule has 2 amide bonds. The molecule has 1 saturated carbocycles. The first-order valence-electron chi connectivity index (χ1n) is 7.77. The van der Waals surface area contributed by atoms with Crippen LogP contribution in [0.1, 0.15) is 58.8 Å². The number of carboxylic acids is 1. The maximum Gasteiger partial charge on any atom is 0.317 e. The van der Waals surface area contributed by atoms with Crippen LogP contribution in [0.2, 0.25) is 0 Å². The highest BCUT2D eigenvalue weighted by Crippen LogP contribution is 2.37. The first kappa shape index (κ1) is 15.1. The van der Waals surface area contributed by atoms with Crippen molar-refractivity contribution >= 4 is 12.0 Å². The topological polar surface area (TPSA) is 69.6 Å². The van der Waals surface area contributed by atoms with Gasteiger partial charge in [-0.25, -0.2) is 4.79 Å². The number of hydrogen-bond acceptors (Lipinski definition) is 2. The molecule has 1 aliphatic carbocycles. The molecule has 20 heavy (non-hydrogen) atoms. The minimum Gasteiger partial charge on any atom is -0.481 e. The minimum atomic E-state index is -0.718. The van der Waals surface area contributed by atoms with E-state index >= 15 is 0 Å². The van der Waals surface area contributed by atoms with E-state index in [2.05, 4.69) is 12.2 Å². The zero-order valence-electron chi connectivity index (χ0n) is 12.6. The van der Waals surface area contributed by atoms with Crippen LogP contribution >= 0.6 is 0 Å². The molecule has 0 unspecified atom stereocenters. The fourth-order valence-corrected chi connectivity index (χ4v) is 3.33. The lowest BCUT2D eigenvalue weighted by Gasteiger charge is -2.45. The van der Waals surface area contributed by atoms with Crippen molar-refractivity contribution in [2.75, 3.05) is 13.1 Å². The monoisotopic (exact) mass is 282 g/mol. The number of amides is 2. The molecule has 0 radical (unpaired) electrons. The van der Waals surface area contributed by atoms with Crippen LogP contribution in [-0.4, -0.2) is 40.6 Å². The van der Waals surface area contributed by atoms with Crippen LogP contribution in [0.4, 0.5) is 4.79 Å². The Morgan fingerprint density at radius 3 is 2.05 bits per heavy atom. The van der Waals surface area contributed by atoms with Gasteiger partial charge in [-0.2, -0.15) is 0 Å². The van der Waals surface area contributed by atoms with Crippen molar-refractivity contribution < 1.29 is 14.7 Å². The number of piperidine rings is 1. The van der Waals surface area contributed by atoms with Gasteiger partial charge in [-0.05, 0) is 44.9 Å². The van der Waals surface area contributed by atoms with Gasteiger partial charge in [0.05, 0.1) is 5.41 Å². The Bertz CT molecular complexity index is 377. The Hall–Kier alpha value is -1.26. The van der Waals surface area contributed by atoms with Crippen molar-refractivity contribution in [2.24, 2.45) is 5.41 Å². The summed E-state index contributed by atoms with van der Waals surface area (Å²) in [5.74, 6) is -0.718. The Morgan fingerprint density at radius 2 is 1.70 bits per heavy atom. The predicted molar refractivity (Wildman–Crippen MR) is 76.6 cm³/mol. The van der Waals surface area contributed by atoms with Crippen molar-refractivity contribution in [1.29, 1.82) is 0 Å². The van der Waals surface area contributed by atoms with E-state index in [-0.39, 0.29) is 11.6 Å². The molecule has 0 atom stereocenters. The van der Waals surface area contributed by atoms with Crippen molar-refractivity contribution in [3.8, 4) is 0 Å². The number of carbonyl (C=O) groups is 2. The highest BCUT2D eigenvalue weighted by Gasteiger charge is 2.42. The summed E-state index contributed by atoms with van der Waals surface area (Å²) in [6.07, 6.45) is 6.05. The summed E-state index contributed by atoms with van der Waals surface area (Å²) in [5, 5.41) is 12.5. The summed E-state index contributed by atoms with van der Waals surface area (Å²) in [6, 6.07) is -0.0124. The van der Waals surface area contributed by atoms with Gasteiger partial charge in [0.2, 0.25) is 0 Å². The lowest BCUT2D eigenvalue weighted by atomic mass is 9.74. The van der Waals surface area contributed by atoms with Crippen LogP contribution in [0.25, 0.3) is 0 Å². The standard InChI is InChI=1S/C15H26N2O3/c1-3-14(12(18)19)8-10-17(11-9-14)13(20)16-15(4-2)6-5-7-15/h3-11H2,1-2H3,(H,16,20)(H,18,19). The fraction of sp³-hybridized carbons (Fsp3) is 0.867. The number of rotatable bonds is 4. The molecule has 114 valence electrons. The molecule has 0 aromatic carbocycles. The normalized spacial score (nSPS) is 23.8. The molecule has 2 rings (SSSR count). The van der Waals surface area contributed by atoms with E-state index in [1.165, 1.54) is 6.42 Å². The van der Waals surface area contributed by atoms with E-state index < -0.39 is 11.4 Å². The summed E-state index contributed by atoms with van der Waals surface area (Å²) in [5.41, 5.74) is -0.626. The molecular formula is C15H26N2O3. The second-order valence-corrected chi connectivity index (χ2v) is 6.34. The molecule has 5 nitrogen and oxygen atoms in total. The Balaban J connectivity index is 1.90. The third-order valence-electron chi connectivity index (χ3n) is 5.50. The Labute approximate surface area is 120 Å². The van der Waals surface area contributed by atoms with E-state index in [0.29, 0.717) is 32.4 Å². The lowest BCUT2D eigenvalue weighted by Crippen LogP contribution is -2.58. The Kier molecular flexibility index (Phi) is 4.25. The highest BCUT2D eigenvalue weighted by atomic mass is 16.4. The molecule has 0 spiro atoms. The molecule has 0 aromatic heterocycles. The number of aliphatic carboxylic acids is 1. The van der Waals surface area contributed by atoms with E-state index in [0.717, 1.165) is 19.3 Å². The summed E-state index contributed by atoms with van der Waals surface area (Å²) >= 11 is 0. The molecule has 0 aromatic rings. The number of urea groups is 1. The number of likely N-dealkylation sites (tertiary alicyclic amines) is 1. The average molecular weight is 282 g/mol. The first-order chi connectivity index (χ1) is 9.47. The third kappa shape index (κ3) is 2.63. The van der Waals surface area contributed by atoms with Crippen LogP contribution in [0, 0.1) is 5.41 Å². The molecule has 1 heterocycles. The number of carboxylic acid groups (broad SMARTS) is 1. The average Bonchev–Trinajstić information content (AvgIpc) is 2.42. The molecule has 2 N–H and O–H groups in total. The maximum atomic E-state index is 12.3. The van der Waals surface area contributed by atoms with E-state index in [4.69, 9.17) is 0 Å². The number of carbonyl (C=O) groups excluding carboxylic acids is 1. The van der Waals surface area contributed by atoms with Gasteiger partial charge < -0.3 is 15.3 Å². The fourth-order valence-electron chi connectivity index (χ4n) is 3.33.